The molecule has 2 aromatic rings. The minimum absolute atomic E-state index is 0.777. The predicted molar refractivity (Wildman–Crippen MR) is 81.7 cm³/mol. The Hall–Kier alpha value is -1.41. The second kappa shape index (κ2) is 7.90. The number of unbranched alkanes of at least 4 members (excludes halogenated alkanes) is 2. The molecule has 0 N–H and O–H groups in total. The highest BCUT2D eigenvalue weighted by atomic mass is 32.2. The van der Waals surface area contributed by atoms with E-state index in [1.807, 2.05) is 36.4 Å². The van der Waals surface area contributed by atoms with Crippen LogP contribution in [0.2, 0.25) is 0 Å². The summed E-state index contributed by atoms with van der Waals surface area (Å²) in [4.78, 5) is 0.950. The van der Waals surface area contributed by atoms with E-state index in [0.29, 0.717) is 0 Å². The normalized spacial score (nSPS) is 12.2. The first-order valence-corrected chi connectivity index (χ1v) is 8.15. The Morgan fingerprint density at radius 3 is 2.05 bits per heavy atom. The minimum Gasteiger partial charge on any atom is -0.254 e. The number of hydrogen-bond donors (Lipinski definition) is 0. The zero-order valence-corrected chi connectivity index (χ0v) is 11.9. The van der Waals surface area contributed by atoms with Crippen LogP contribution in [0.25, 0.3) is 0 Å². The zero-order valence-electron chi connectivity index (χ0n) is 11.1. The van der Waals surface area contributed by atoms with Crippen LogP contribution in [0.5, 0.6) is 0 Å². The topological polar surface area (TPSA) is 17.1 Å². The molecule has 0 saturated heterocycles. The lowest BCUT2D eigenvalue weighted by Crippen LogP contribution is -1.98. The van der Waals surface area contributed by atoms with Gasteiger partial charge < -0.3 is 0 Å². The van der Waals surface area contributed by atoms with Gasteiger partial charge in [-0.05, 0) is 37.0 Å². The van der Waals surface area contributed by atoms with Crippen LogP contribution in [-0.4, -0.2) is 9.96 Å². The maximum atomic E-state index is 12.0. The van der Waals surface area contributed by atoms with Gasteiger partial charge in [-0.25, -0.2) is 0 Å². The van der Waals surface area contributed by atoms with Crippen molar-refractivity contribution in [1.29, 1.82) is 0 Å². The van der Waals surface area contributed by atoms with Crippen LogP contribution in [0.15, 0.2) is 65.6 Å². The maximum Gasteiger partial charge on any atom is 0.0529 e. The summed E-state index contributed by atoms with van der Waals surface area (Å²) in [5.41, 5.74) is 1.40. The summed E-state index contributed by atoms with van der Waals surface area (Å²) in [6.45, 7) is 0. The van der Waals surface area contributed by atoms with Gasteiger partial charge in [-0.15, -0.1) is 0 Å². The molecule has 0 bridgehead atoms. The molecule has 100 valence electrons. The van der Waals surface area contributed by atoms with Crippen molar-refractivity contribution >= 4 is 10.8 Å². The van der Waals surface area contributed by atoms with Gasteiger partial charge in [-0.3, -0.25) is 4.21 Å². The van der Waals surface area contributed by atoms with Crippen LogP contribution in [-0.2, 0) is 17.2 Å². The molecule has 0 aliphatic rings. The van der Waals surface area contributed by atoms with Gasteiger partial charge in [-0.1, -0.05) is 55.0 Å². The molecule has 0 fully saturated rings. The van der Waals surface area contributed by atoms with Crippen molar-refractivity contribution < 1.29 is 4.21 Å². The number of hydrogen-bond acceptors (Lipinski definition) is 1. The van der Waals surface area contributed by atoms with Crippen molar-refractivity contribution in [3.8, 4) is 0 Å². The second-order valence-electron chi connectivity index (χ2n) is 4.66. The second-order valence-corrected chi connectivity index (χ2v) is 6.23. The quantitative estimate of drug-likeness (QED) is 0.690. The summed E-state index contributed by atoms with van der Waals surface area (Å²) in [6.07, 6.45) is 4.48. The van der Waals surface area contributed by atoms with Gasteiger partial charge in [0, 0.05) is 10.6 Å². The van der Waals surface area contributed by atoms with E-state index < -0.39 is 10.8 Å². The highest BCUT2D eigenvalue weighted by Crippen LogP contribution is 2.10. The zero-order chi connectivity index (χ0) is 13.3. The molecule has 2 rings (SSSR count). The molecule has 0 saturated carbocycles. The van der Waals surface area contributed by atoms with E-state index in [1.165, 1.54) is 12.0 Å². The van der Waals surface area contributed by atoms with E-state index in [0.717, 1.165) is 29.9 Å². The Morgan fingerprint density at radius 2 is 1.37 bits per heavy atom. The Bertz CT molecular complexity index is 493. The summed E-state index contributed by atoms with van der Waals surface area (Å²) in [5.74, 6) is 0.777. The van der Waals surface area contributed by atoms with Gasteiger partial charge in [-0.2, -0.15) is 0 Å². The summed E-state index contributed by atoms with van der Waals surface area (Å²) >= 11 is 0. The molecule has 2 aromatic carbocycles. The van der Waals surface area contributed by atoms with Crippen LogP contribution in [0, 0.1) is 0 Å². The Balaban J connectivity index is 1.63. The lowest BCUT2D eigenvalue weighted by atomic mass is 10.1. The van der Waals surface area contributed by atoms with Gasteiger partial charge in [0.15, 0.2) is 0 Å². The molecule has 0 spiro atoms. The molecule has 0 amide bonds. The number of aryl methyl sites for hydroxylation is 1. The average molecular weight is 272 g/mol. The molecular formula is C17H20OS. The van der Waals surface area contributed by atoms with Crippen molar-refractivity contribution in [3.63, 3.8) is 0 Å². The molecule has 1 unspecified atom stereocenters. The van der Waals surface area contributed by atoms with Crippen molar-refractivity contribution in [2.45, 2.75) is 30.6 Å². The largest absolute Gasteiger partial charge is 0.254 e. The molecule has 0 aliphatic carbocycles. The molecule has 2 heteroatoms. The Kier molecular flexibility index (Phi) is 5.83. The van der Waals surface area contributed by atoms with Gasteiger partial charge in [0.25, 0.3) is 0 Å². The summed E-state index contributed by atoms with van der Waals surface area (Å²) in [5, 5.41) is 0. The maximum absolute atomic E-state index is 12.0. The van der Waals surface area contributed by atoms with Crippen LogP contribution < -0.4 is 0 Å². The third-order valence-corrected chi connectivity index (χ3v) is 4.60. The van der Waals surface area contributed by atoms with Gasteiger partial charge in [0.2, 0.25) is 0 Å². The molecule has 1 nitrogen and oxygen atoms in total. The van der Waals surface area contributed by atoms with Gasteiger partial charge in [0.05, 0.1) is 10.8 Å². The third kappa shape index (κ3) is 4.99. The average Bonchev–Trinajstić information content (AvgIpc) is 2.49. The molecule has 1 atom stereocenters. The van der Waals surface area contributed by atoms with E-state index in [9.17, 15) is 4.21 Å². The van der Waals surface area contributed by atoms with E-state index in [4.69, 9.17) is 0 Å². The lowest BCUT2D eigenvalue weighted by Gasteiger charge is -2.03. The molecule has 19 heavy (non-hydrogen) atoms. The first kappa shape index (κ1) is 14.0. The van der Waals surface area contributed by atoms with E-state index >= 15 is 0 Å². The van der Waals surface area contributed by atoms with Gasteiger partial charge in [0.1, 0.15) is 0 Å². The monoisotopic (exact) mass is 272 g/mol. The Labute approximate surface area is 118 Å². The van der Waals surface area contributed by atoms with Crippen LogP contribution >= 0.6 is 0 Å². The number of benzene rings is 2. The van der Waals surface area contributed by atoms with Gasteiger partial charge >= 0.3 is 0 Å². The molecule has 0 heterocycles. The summed E-state index contributed by atoms with van der Waals surface area (Å²) in [7, 11) is -0.831. The van der Waals surface area contributed by atoms with Crippen molar-refractivity contribution in [1.82, 2.24) is 0 Å². The highest BCUT2D eigenvalue weighted by molar-refractivity contribution is 7.85. The minimum atomic E-state index is -0.831. The van der Waals surface area contributed by atoms with Crippen molar-refractivity contribution in [2.75, 3.05) is 5.75 Å². The van der Waals surface area contributed by atoms with Crippen molar-refractivity contribution in [3.05, 3.63) is 66.2 Å². The molecular weight excluding hydrogens is 252 g/mol. The molecule has 0 aromatic heterocycles. The van der Waals surface area contributed by atoms with Crippen LogP contribution in [0.1, 0.15) is 24.8 Å². The smallest absolute Gasteiger partial charge is 0.0529 e. The molecule has 0 radical (unpaired) electrons. The molecule has 0 aliphatic heterocycles. The fourth-order valence-electron chi connectivity index (χ4n) is 2.07. The first-order valence-electron chi connectivity index (χ1n) is 6.83. The predicted octanol–water partition coefficient (Wildman–Crippen LogP) is 4.21. The first-order chi connectivity index (χ1) is 9.36. The summed E-state index contributed by atoms with van der Waals surface area (Å²) in [6, 6.07) is 20.3. The summed E-state index contributed by atoms with van der Waals surface area (Å²) < 4.78 is 12.0. The third-order valence-electron chi connectivity index (χ3n) is 3.14. The van der Waals surface area contributed by atoms with E-state index in [-0.39, 0.29) is 0 Å². The SMILES string of the molecule is O=S(CCCCCc1ccccc1)c1ccccc1. The number of rotatable bonds is 7. The van der Waals surface area contributed by atoms with E-state index in [2.05, 4.69) is 24.3 Å². The van der Waals surface area contributed by atoms with E-state index in [1.54, 1.807) is 0 Å². The fourth-order valence-corrected chi connectivity index (χ4v) is 3.24. The standard InChI is InChI=1S/C17H20OS/c18-19(17-13-7-2-8-14-17)15-9-3-6-12-16-10-4-1-5-11-16/h1-2,4-5,7-8,10-11,13-14H,3,6,9,12,15H2. The highest BCUT2D eigenvalue weighted by Gasteiger charge is 2.02. The van der Waals surface area contributed by atoms with Crippen LogP contribution in [0.3, 0.4) is 0 Å². The van der Waals surface area contributed by atoms with Crippen molar-refractivity contribution in [2.24, 2.45) is 0 Å². The fraction of sp³-hybridized carbons (Fsp3) is 0.294. The Morgan fingerprint density at radius 1 is 0.737 bits per heavy atom. The lowest BCUT2D eigenvalue weighted by molar-refractivity contribution is 0.671. The van der Waals surface area contributed by atoms with Crippen LogP contribution in [0.4, 0.5) is 0 Å².